The van der Waals surface area contributed by atoms with Gasteiger partial charge in [-0.25, -0.2) is 4.99 Å². The molecule has 9 heteroatoms. The van der Waals surface area contributed by atoms with E-state index in [1.54, 1.807) is 6.21 Å². The van der Waals surface area contributed by atoms with Crippen molar-refractivity contribution in [1.82, 2.24) is 14.7 Å². The first-order valence-electron chi connectivity index (χ1n) is 12.7. The van der Waals surface area contributed by atoms with Gasteiger partial charge in [0.15, 0.2) is 0 Å². The molecule has 3 N–H and O–H groups in total. The summed E-state index contributed by atoms with van der Waals surface area (Å²) < 4.78 is 2.06. The van der Waals surface area contributed by atoms with Crippen LogP contribution in [0.5, 0.6) is 0 Å². The number of nitrogens with two attached hydrogens (primary N) is 1. The fraction of sp³-hybridized carbons (Fsp3) is 0.393. The first-order chi connectivity index (χ1) is 17.9. The Labute approximate surface area is 227 Å². The van der Waals surface area contributed by atoms with Crippen molar-refractivity contribution in [1.29, 1.82) is 0 Å². The molecule has 3 aromatic rings. The lowest BCUT2D eigenvalue weighted by atomic mass is 9.88. The van der Waals surface area contributed by atoms with Crippen LogP contribution >= 0.6 is 23.2 Å². The van der Waals surface area contributed by atoms with Crippen LogP contribution in [0.25, 0.3) is 0 Å². The number of hydrogen-bond donors (Lipinski definition) is 2. The summed E-state index contributed by atoms with van der Waals surface area (Å²) in [4.78, 5) is 11.4. The van der Waals surface area contributed by atoms with Crippen LogP contribution in [0.2, 0.25) is 10.0 Å². The van der Waals surface area contributed by atoms with Crippen molar-refractivity contribution in [2.24, 2.45) is 15.7 Å². The normalized spacial score (nSPS) is 18.3. The fourth-order valence-corrected chi connectivity index (χ4v) is 5.58. The zero-order valence-electron chi connectivity index (χ0n) is 20.9. The molecule has 0 spiro atoms. The molecule has 1 atom stereocenters. The Morgan fingerprint density at radius 3 is 2.59 bits per heavy atom. The number of rotatable bonds is 8. The molecular formula is C28H32Cl2N6O. The van der Waals surface area contributed by atoms with Gasteiger partial charge in [0.1, 0.15) is 5.69 Å². The number of aliphatic imine (C=N–C) groups is 2. The quantitative estimate of drug-likeness (QED) is 0.267. The van der Waals surface area contributed by atoms with E-state index in [4.69, 9.17) is 28.9 Å². The monoisotopic (exact) mass is 538 g/mol. The average molecular weight is 540 g/mol. The summed E-state index contributed by atoms with van der Waals surface area (Å²) in [6.45, 7) is 4.38. The van der Waals surface area contributed by atoms with Crippen LogP contribution in [-0.4, -0.2) is 52.0 Å². The Morgan fingerprint density at radius 1 is 1.11 bits per heavy atom. The third kappa shape index (κ3) is 6.07. The Balaban J connectivity index is 1.27. The van der Waals surface area contributed by atoms with Gasteiger partial charge in [0.2, 0.25) is 0 Å². The van der Waals surface area contributed by atoms with Gasteiger partial charge in [0.25, 0.3) is 0 Å². The van der Waals surface area contributed by atoms with E-state index in [1.807, 2.05) is 49.5 Å². The zero-order valence-corrected chi connectivity index (χ0v) is 22.4. The van der Waals surface area contributed by atoms with Crippen molar-refractivity contribution >= 4 is 47.1 Å². The third-order valence-corrected chi connectivity index (χ3v) is 7.87. The first kappa shape index (κ1) is 25.9. The SMILES string of the molecule is Cc1c(N=Cc2cc(Cl)c(C3CCN(CC(O)c4cccc(Cl)c4)CC3)cc2N=CN)cnn1C1CC1. The van der Waals surface area contributed by atoms with Crippen LogP contribution < -0.4 is 5.73 Å². The highest BCUT2D eigenvalue weighted by Gasteiger charge is 2.27. The van der Waals surface area contributed by atoms with Gasteiger partial charge in [-0.05, 0) is 87.0 Å². The van der Waals surface area contributed by atoms with Crippen LogP contribution in [0.15, 0.2) is 52.6 Å². The van der Waals surface area contributed by atoms with Crippen molar-refractivity contribution < 1.29 is 5.11 Å². The topological polar surface area (TPSA) is 92.0 Å². The van der Waals surface area contributed by atoms with E-state index in [-0.39, 0.29) is 0 Å². The molecule has 37 heavy (non-hydrogen) atoms. The molecule has 0 amide bonds. The summed E-state index contributed by atoms with van der Waals surface area (Å²) >= 11 is 12.9. The average Bonchev–Trinajstić information content (AvgIpc) is 3.67. The van der Waals surface area contributed by atoms with Crippen LogP contribution in [0, 0.1) is 6.92 Å². The maximum atomic E-state index is 10.7. The van der Waals surface area contributed by atoms with Crippen molar-refractivity contribution in [3.05, 3.63) is 75.0 Å². The summed E-state index contributed by atoms with van der Waals surface area (Å²) in [6, 6.07) is 11.9. The van der Waals surface area contributed by atoms with E-state index in [0.717, 1.165) is 59.7 Å². The second-order valence-corrected chi connectivity index (χ2v) is 10.7. The van der Waals surface area contributed by atoms with Gasteiger partial charge in [-0.2, -0.15) is 5.10 Å². The van der Waals surface area contributed by atoms with Crippen LogP contribution in [0.3, 0.4) is 0 Å². The number of β-amino-alcohol motifs (C(OH)–C–C–N with tert-alkyl or cyclic N) is 1. The summed E-state index contributed by atoms with van der Waals surface area (Å²) in [7, 11) is 0. The predicted octanol–water partition coefficient (Wildman–Crippen LogP) is 6.12. The second kappa shape index (κ2) is 11.4. The van der Waals surface area contributed by atoms with Crippen molar-refractivity contribution in [3.63, 3.8) is 0 Å². The smallest absolute Gasteiger partial charge is 0.104 e. The highest BCUT2D eigenvalue weighted by atomic mass is 35.5. The molecule has 0 bridgehead atoms. The summed E-state index contributed by atoms with van der Waals surface area (Å²) in [5.74, 6) is 0.309. The minimum absolute atomic E-state index is 0.309. The van der Waals surface area contributed by atoms with Gasteiger partial charge in [-0.15, -0.1) is 0 Å². The number of hydrogen-bond acceptors (Lipinski definition) is 5. The standard InChI is InChI=1S/C28H32Cl2N6O/c1-18-27(15-34-36(18)23-5-6-23)32-14-21-12-25(30)24(13-26(21)33-17-31)19-7-9-35(10-8-19)16-28(37)20-3-2-4-22(29)11-20/h2-4,11-15,17,19,23,28,37H,5-10,16H2,1H3,(H2,31,33). The van der Waals surface area contributed by atoms with Gasteiger partial charge in [0, 0.05) is 28.4 Å². The Bertz CT molecular complexity index is 1310. The lowest BCUT2D eigenvalue weighted by molar-refractivity contribution is 0.0973. The first-order valence-corrected chi connectivity index (χ1v) is 13.5. The van der Waals surface area contributed by atoms with Crippen LogP contribution in [-0.2, 0) is 0 Å². The van der Waals surface area contributed by atoms with Gasteiger partial charge >= 0.3 is 0 Å². The largest absolute Gasteiger partial charge is 0.390 e. The molecule has 7 nitrogen and oxygen atoms in total. The minimum Gasteiger partial charge on any atom is -0.390 e. The predicted molar refractivity (Wildman–Crippen MR) is 151 cm³/mol. The molecule has 2 heterocycles. The molecule has 1 aliphatic heterocycles. The molecule has 1 aromatic heterocycles. The number of aliphatic hydroxyl groups is 1. The highest BCUT2D eigenvalue weighted by Crippen LogP contribution is 2.38. The number of aromatic nitrogens is 2. The Kier molecular flexibility index (Phi) is 7.95. The third-order valence-electron chi connectivity index (χ3n) is 7.31. The van der Waals surface area contributed by atoms with Crippen molar-refractivity contribution in [3.8, 4) is 0 Å². The van der Waals surface area contributed by atoms with Crippen LogP contribution in [0.4, 0.5) is 11.4 Å². The molecule has 2 aliphatic rings. The van der Waals surface area contributed by atoms with Crippen molar-refractivity contribution in [2.45, 2.75) is 50.7 Å². The molecule has 1 saturated heterocycles. The molecular weight excluding hydrogens is 507 g/mol. The lowest BCUT2D eigenvalue weighted by Crippen LogP contribution is -2.36. The van der Waals surface area contributed by atoms with Gasteiger partial charge in [-0.3, -0.25) is 9.67 Å². The van der Waals surface area contributed by atoms with Gasteiger partial charge < -0.3 is 15.7 Å². The highest BCUT2D eigenvalue weighted by molar-refractivity contribution is 6.32. The minimum atomic E-state index is -0.567. The second-order valence-electron chi connectivity index (χ2n) is 9.91. The van der Waals surface area contributed by atoms with E-state index in [0.29, 0.717) is 28.5 Å². The van der Waals surface area contributed by atoms with E-state index >= 15 is 0 Å². The summed E-state index contributed by atoms with van der Waals surface area (Å²) in [5, 5.41) is 16.5. The van der Waals surface area contributed by atoms with Crippen LogP contribution in [0.1, 0.15) is 66.1 Å². The lowest BCUT2D eigenvalue weighted by Gasteiger charge is -2.34. The van der Waals surface area contributed by atoms with E-state index in [2.05, 4.69) is 24.7 Å². The Morgan fingerprint density at radius 2 is 1.89 bits per heavy atom. The maximum absolute atomic E-state index is 10.7. The molecule has 5 rings (SSSR count). The Hall–Kier alpha value is -2.71. The zero-order chi connectivity index (χ0) is 25.9. The van der Waals surface area contributed by atoms with E-state index < -0.39 is 6.10 Å². The van der Waals surface area contributed by atoms with E-state index in [9.17, 15) is 5.11 Å². The van der Waals surface area contributed by atoms with Crippen molar-refractivity contribution in [2.75, 3.05) is 19.6 Å². The number of aliphatic hydroxyl groups excluding tert-OH is 1. The fourth-order valence-electron chi connectivity index (χ4n) is 5.06. The van der Waals surface area contributed by atoms with E-state index in [1.165, 1.54) is 19.2 Å². The summed E-state index contributed by atoms with van der Waals surface area (Å²) in [6.07, 6.45) is 8.59. The molecule has 194 valence electrons. The number of piperidine rings is 1. The molecule has 1 aliphatic carbocycles. The number of halogens is 2. The molecule has 1 saturated carbocycles. The number of nitrogens with zero attached hydrogens (tertiary/aromatic N) is 5. The maximum Gasteiger partial charge on any atom is 0.104 e. The molecule has 2 fully saturated rings. The molecule has 0 radical (unpaired) electrons. The van der Waals surface area contributed by atoms with Gasteiger partial charge in [-0.1, -0.05) is 35.3 Å². The number of benzene rings is 2. The molecule has 1 unspecified atom stereocenters. The number of likely N-dealkylation sites (tertiary alicyclic amines) is 1. The summed E-state index contributed by atoms with van der Waals surface area (Å²) in [5.41, 5.74) is 11.1. The molecule has 2 aromatic carbocycles. The van der Waals surface area contributed by atoms with Gasteiger partial charge in [0.05, 0.1) is 36.1 Å².